The molecule has 0 saturated heterocycles. The Labute approximate surface area is 168 Å². The van der Waals surface area contributed by atoms with Crippen LogP contribution in [0.3, 0.4) is 0 Å². The molecule has 0 aromatic carbocycles. The molecular formula is C20H28N4O3S. The lowest BCUT2D eigenvalue weighted by atomic mass is 9.95. The summed E-state index contributed by atoms with van der Waals surface area (Å²) in [5.74, 6) is 0.240. The molecule has 152 valence electrons. The van der Waals surface area contributed by atoms with E-state index in [1.165, 1.54) is 29.8 Å². The Morgan fingerprint density at radius 2 is 1.93 bits per heavy atom. The van der Waals surface area contributed by atoms with Crippen molar-refractivity contribution in [1.82, 2.24) is 19.4 Å². The fraction of sp³-hybridized carbons (Fsp3) is 0.600. The van der Waals surface area contributed by atoms with Gasteiger partial charge in [0.1, 0.15) is 5.65 Å². The first-order valence-electron chi connectivity index (χ1n) is 9.93. The van der Waals surface area contributed by atoms with Gasteiger partial charge in [-0.2, -0.15) is 0 Å². The van der Waals surface area contributed by atoms with Gasteiger partial charge >= 0.3 is 5.69 Å². The number of rotatable bonds is 6. The van der Waals surface area contributed by atoms with Crippen LogP contribution in [0.2, 0.25) is 0 Å². The van der Waals surface area contributed by atoms with Gasteiger partial charge in [-0.1, -0.05) is 32.6 Å². The zero-order valence-electron chi connectivity index (χ0n) is 16.8. The summed E-state index contributed by atoms with van der Waals surface area (Å²) in [6.07, 6.45) is 9.05. The highest BCUT2D eigenvalue weighted by atomic mass is 32.2. The van der Waals surface area contributed by atoms with Crippen molar-refractivity contribution in [2.75, 3.05) is 5.75 Å². The van der Waals surface area contributed by atoms with Crippen molar-refractivity contribution in [1.29, 1.82) is 0 Å². The third-order valence-electron chi connectivity index (χ3n) is 5.33. The maximum atomic E-state index is 12.8. The van der Waals surface area contributed by atoms with E-state index in [1.807, 2.05) is 0 Å². The number of amides is 1. The van der Waals surface area contributed by atoms with E-state index in [4.69, 9.17) is 0 Å². The lowest BCUT2D eigenvalue weighted by molar-refractivity contribution is -0.119. The number of aryl methyl sites for hydroxylation is 2. The molecule has 1 N–H and O–H groups in total. The molecule has 3 rings (SSSR count). The van der Waals surface area contributed by atoms with Crippen LogP contribution < -0.4 is 16.6 Å². The molecule has 1 saturated carbocycles. The van der Waals surface area contributed by atoms with Crippen LogP contribution in [0.1, 0.15) is 51.0 Å². The molecule has 1 aliphatic rings. The summed E-state index contributed by atoms with van der Waals surface area (Å²) in [5, 5.41) is 3.54. The Hall–Kier alpha value is -2.09. The second-order valence-electron chi connectivity index (χ2n) is 7.46. The molecule has 0 spiro atoms. The lowest BCUT2D eigenvalue weighted by Gasteiger charge is -2.22. The predicted molar refractivity (Wildman–Crippen MR) is 112 cm³/mol. The lowest BCUT2D eigenvalue weighted by Crippen LogP contribution is -2.38. The highest BCUT2D eigenvalue weighted by molar-refractivity contribution is 8.00. The van der Waals surface area contributed by atoms with Gasteiger partial charge in [0.15, 0.2) is 0 Å². The van der Waals surface area contributed by atoms with Crippen LogP contribution in [-0.4, -0.2) is 31.8 Å². The molecule has 1 fully saturated rings. The maximum absolute atomic E-state index is 12.8. The first-order valence-corrected chi connectivity index (χ1v) is 10.9. The predicted octanol–water partition coefficient (Wildman–Crippen LogP) is 2.13. The van der Waals surface area contributed by atoms with Crippen molar-refractivity contribution < 1.29 is 4.79 Å². The molecule has 0 unspecified atom stereocenters. The van der Waals surface area contributed by atoms with Crippen molar-refractivity contribution in [3.8, 4) is 0 Å². The van der Waals surface area contributed by atoms with E-state index in [-0.39, 0.29) is 23.3 Å². The molecule has 0 atom stereocenters. The van der Waals surface area contributed by atoms with Crippen LogP contribution in [0.15, 0.2) is 20.7 Å². The van der Waals surface area contributed by atoms with Gasteiger partial charge in [0.2, 0.25) is 5.91 Å². The van der Waals surface area contributed by atoms with E-state index in [0.29, 0.717) is 11.0 Å². The Bertz CT molecular complexity index is 990. The fourth-order valence-corrected chi connectivity index (χ4v) is 4.83. The number of thioether (sulfide) groups is 1. The number of aromatic nitrogens is 3. The summed E-state index contributed by atoms with van der Waals surface area (Å²) < 4.78 is 2.49. The minimum atomic E-state index is -0.403. The van der Waals surface area contributed by atoms with Crippen LogP contribution in [0, 0.1) is 0 Å². The molecular weight excluding hydrogens is 376 g/mol. The number of nitrogens with zero attached hydrogens (tertiary/aromatic N) is 3. The van der Waals surface area contributed by atoms with Crippen LogP contribution in [-0.2, 0) is 25.3 Å². The Morgan fingerprint density at radius 1 is 1.21 bits per heavy atom. The largest absolute Gasteiger partial charge is 0.353 e. The van der Waals surface area contributed by atoms with Crippen molar-refractivity contribution in [2.24, 2.45) is 14.1 Å². The summed E-state index contributed by atoms with van der Waals surface area (Å²) in [7, 11) is 3.08. The van der Waals surface area contributed by atoms with Gasteiger partial charge in [0.25, 0.3) is 5.56 Å². The number of hydrogen-bond acceptors (Lipinski definition) is 5. The third-order valence-corrected chi connectivity index (χ3v) is 6.49. The number of fused-ring (bicyclic) bond motifs is 1. The van der Waals surface area contributed by atoms with Crippen LogP contribution in [0.5, 0.6) is 0 Å². The average molecular weight is 405 g/mol. The average Bonchev–Trinajstić information content (AvgIpc) is 2.70. The molecule has 0 radical (unpaired) electrons. The Balaban J connectivity index is 1.93. The normalized spacial score (nSPS) is 15.1. The molecule has 1 amide bonds. The van der Waals surface area contributed by atoms with Gasteiger partial charge in [-0.15, -0.1) is 11.8 Å². The minimum absolute atomic E-state index is 0.00838. The summed E-state index contributed by atoms with van der Waals surface area (Å²) in [6.45, 7) is 2.06. The van der Waals surface area contributed by atoms with Gasteiger partial charge in [-0.05, 0) is 24.8 Å². The van der Waals surface area contributed by atoms with Gasteiger partial charge in [0.05, 0.1) is 11.1 Å². The third kappa shape index (κ3) is 4.16. The topological polar surface area (TPSA) is 86.0 Å². The van der Waals surface area contributed by atoms with Crippen LogP contribution >= 0.6 is 11.8 Å². The summed E-state index contributed by atoms with van der Waals surface area (Å²) in [6, 6.07) is 0.264. The van der Waals surface area contributed by atoms with E-state index in [0.717, 1.165) is 53.6 Å². The zero-order chi connectivity index (χ0) is 20.3. The van der Waals surface area contributed by atoms with Crippen molar-refractivity contribution in [3.63, 3.8) is 0 Å². The van der Waals surface area contributed by atoms with Gasteiger partial charge in [-0.3, -0.25) is 18.7 Å². The minimum Gasteiger partial charge on any atom is -0.353 e. The van der Waals surface area contributed by atoms with Gasteiger partial charge in [0, 0.05) is 31.2 Å². The number of carbonyl (C=O) groups is 1. The number of carbonyl (C=O) groups excluding carboxylic acids is 1. The number of hydrogen-bond donors (Lipinski definition) is 1. The summed E-state index contributed by atoms with van der Waals surface area (Å²) in [4.78, 5) is 42.7. The maximum Gasteiger partial charge on any atom is 0.332 e. The molecule has 0 aliphatic heterocycles. The highest BCUT2D eigenvalue weighted by Crippen LogP contribution is 2.29. The van der Waals surface area contributed by atoms with E-state index in [1.54, 1.807) is 13.2 Å². The molecule has 2 aromatic heterocycles. The molecule has 2 aromatic rings. The highest BCUT2D eigenvalue weighted by Gasteiger charge is 2.20. The first-order chi connectivity index (χ1) is 13.4. The van der Waals surface area contributed by atoms with Crippen molar-refractivity contribution in [3.05, 3.63) is 32.6 Å². The monoisotopic (exact) mass is 404 g/mol. The van der Waals surface area contributed by atoms with E-state index >= 15 is 0 Å². The summed E-state index contributed by atoms with van der Waals surface area (Å²) in [5.41, 5.74) is 0.544. The van der Waals surface area contributed by atoms with Crippen molar-refractivity contribution in [2.45, 2.75) is 62.8 Å². The standard InChI is InChI=1S/C20H28N4O3S/c1-4-8-13-11-21-18-16(19(26)24(3)20(27)23(18)2)17(13)28-12-15(25)22-14-9-6-5-7-10-14/h11,14H,4-10,12H2,1-3H3,(H,22,25). The Morgan fingerprint density at radius 3 is 2.61 bits per heavy atom. The smallest absolute Gasteiger partial charge is 0.332 e. The van der Waals surface area contributed by atoms with E-state index < -0.39 is 5.69 Å². The first kappa shape index (κ1) is 20.6. The summed E-state index contributed by atoms with van der Waals surface area (Å²) >= 11 is 1.37. The number of nitrogens with one attached hydrogen (secondary N) is 1. The molecule has 7 nitrogen and oxygen atoms in total. The van der Waals surface area contributed by atoms with E-state index in [2.05, 4.69) is 17.2 Å². The van der Waals surface area contributed by atoms with Gasteiger partial charge < -0.3 is 5.32 Å². The zero-order valence-corrected chi connectivity index (χ0v) is 17.6. The van der Waals surface area contributed by atoms with Crippen LogP contribution in [0.25, 0.3) is 11.0 Å². The molecule has 28 heavy (non-hydrogen) atoms. The quantitative estimate of drug-likeness (QED) is 0.746. The molecule has 0 bridgehead atoms. The second-order valence-corrected chi connectivity index (χ2v) is 8.44. The SMILES string of the molecule is CCCc1cnc2c(c1SCC(=O)NC1CCCCC1)c(=O)n(C)c(=O)n2C. The second kappa shape index (κ2) is 8.94. The van der Waals surface area contributed by atoms with Gasteiger partial charge in [-0.25, -0.2) is 9.78 Å². The van der Waals surface area contributed by atoms with Crippen LogP contribution in [0.4, 0.5) is 0 Å². The molecule has 2 heterocycles. The number of pyridine rings is 1. The molecule has 8 heteroatoms. The molecule has 1 aliphatic carbocycles. The van der Waals surface area contributed by atoms with Crippen molar-refractivity contribution >= 4 is 28.7 Å². The fourth-order valence-electron chi connectivity index (χ4n) is 3.81. The van der Waals surface area contributed by atoms with E-state index in [9.17, 15) is 14.4 Å². The Kier molecular flexibility index (Phi) is 6.59.